The summed E-state index contributed by atoms with van der Waals surface area (Å²) in [5, 5.41) is 3.39. The molecule has 0 saturated carbocycles. The molecule has 0 saturated heterocycles. The first-order valence-electron chi connectivity index (χ1n) is 9.23. The molecule has 0 aliphatic carbocycles. The monoisotopic (exact) mass is 388 g/mol. The van der Waals surface area contributed by atoms with E-state index in [0.717, 1.165) is 22.4 Å². The van der Waals surface area contributed by atoms with Crippen LogP contribution in [0.25, 0.3) is 0 Å². The van der Waals surface area contributed by atoms with Gasteiger partial charge < -0.3 is 5.32 Å². The third-order valence-corrected chi connectivity index (χ3v) is 5.09. The standard InChI is InChI=1S/C22H26ClFN2O/c1-6-9-10-18-13(4)25-14(5)19(20(18)23)22(27)26-21-15(7-2)11-17(24)12-16(21)8-3/h6,9,11-12H,7-8,10H2,1-5H3,(H,26,27). The summed E-state index contributed by atoms with van der Waals surface area (Å²) < 4.78 is 13.8. The van der Waals surface area contributed by atoms with Gasteiger partial charge in [0.15, 0.2) is 0 Å². The van der Waals surface area contributed by atoms with Crippen LogP contribution < -0.4 is 5.32 Å². The number of carbonyl (C=O) groups is 1. The number of amides is 1. The summed E-state index contributed by atoms with van der Waals surface area (Å²) in [6.45, 7) is 9.48. The van der Waals surface area contributed by atoms with Gasteiger partial charge in [0.05, 0.1) is 16.3 Å². The molecule has 0 atom stereocenters. The van der Waals surface area contributed by atoms with Crippen molar-refractivity contribution in [1.82, 2.24) is 4.98 Å². The van der Waals surface area contributed by atoms with Gasteiger partial charge in [-0.2, -0.15) is 0 Å². The SMILES string of the molecule is CC=CCc1c(C)nc(C)c(C(=O)Nc2c(CC)cc(F)cc2CC)c1Cl. The second kappa shape index (κ2) is 9.14. The second-order valence-corrected chi connectivity index (χ2v) is 6.86. The Balaban J connectivity index is 2.51. The van der Waals surface area contributed by atoms with E-state index >= 15 is 0 Å². The van der Waals surface area contributed by atoms with Gasteiger partial charge in [0.25, 0.3) is 5.91 Å². The molecule has 27 heavy (non-hydrogen) atoms. The Morgan fingerprint density at radius 3 is 2.30 bits per heavy atom. The molecule has 3 nitrogen and oxygen atoms in total. The van der Waals surface area contributed by atoms with E-state index in [1.54, 1.807) is 6.92 Å². The first kappa shape index (κ1) is 21.1. The maximum atomic E-state index is 13.8. The van der Waals surface area contributed by atoms with E-state index in [-0.39, 0.29) is 11.7 Å². The van der Waals surface area contributed by atoms with Crippen LogP contribution in [0.2, 0.25) is 5.02 Å². The van der Waals surface area contributed by atoms with E-state index in [2.05, 4.69) is 10.3 Å². The highest BCUT2D eigenvalue weighted by atomic mass is 35.5. The Labute approximate surface area is 165 Å². The van der Waals surface area contributed by atoms with Crippen molar-refractivity contribution < 1.29 is 9.18 Å². The number of nitrogens with one attached hydrogen (secondary N) is 1. The third-order valence-electron chi connectivity index (χ3n) is 4.67. The average molecular weight is 389 g/mol. The molecular formula is C22H26ClFN2O. The fraction of sp³-hybridized carbons (Fsp3) is 0.364. The number of hydrogen-bond acceptors (Lipinski definition) is 2. The molecule has 144 valence electrons. The minimum absolute atomic E-state index is 0.290. The molecule has 2 aromatic rings. The molecule has 0 unspecified atom stereocenters. The van der Waals surface area contributed by atoms with Gasteiger partial charge >= 0.3 is 0 Å². The normalized spacial score (nSPS) is 11.2. The van der Waals surface area contributed by atoms with Crippen molar-refractivity contribution in [3.63, 3.8) is 0 Å². The van der Waals surface area contributed by atoms with Gasteiger partial charge in [-0.25, -0.2) is 4.39 Å². The summed E-state index contributed by atoms with van der Waals surface area (Å²) in [4.78, 5) is 17.6. The van der Waals surface area contributed by atoms with Crippen LogP contribution in [0.3, 0.4) is 0 Å². The van der Waals surface area contributed by atoms with Crippen molar-refractivity contribution >= 4 is 23.2 Å². The number of nitrogens with zero attached hydrogens (tertiary/aromatic N) is 1. The van der Waals surface area contributed by atoms with Gasteiger partial charge in [-0.15, -0.1) is 0 Å². The Morgan fingerprint density at radius 1 is 1.19 bits per heavy atom. The lowest BCUT2D eigenvalue weighted by Gasteiger charge is -2.18. The first-order chi connectivity index (χ1) is 12.8. The zero-order valence-electron chi connectivity index (χ0n) is 16.5. The largest absolute Gasteiger partial charge is 0.321 e. The molecule has 0 fully saturated rings. The highest BCUT2D eigenvalue weighted by Crippen LogP contribution is 2.30. The predicted octanol–water partition coefficient (Wildman–Crippen LogP) is 5.99. The number of aryl methyl sites for hydroxylation is 4. The third kappa shape index (κ3) is 4.56. The number of aromatic nitrogens is 1. The van der Waals surface area contributed by atoms with Gasteiger partial charge in [-0.1, -0.05) is 37.6 Å². The van der Waals surface area contributed by atoms with Gasteiger partial charge in [-0.05, 0) is 68.9 Å². The van der Waals surface area contributed by atoms with Gasteiger partial charge in [0.2, 0.25) is 0 Å². The number of halogens is 2. The molecule has 5 heteroatoms. The number of benzene rings is 1. The molecule has 0 spiro atoms. The molecule has 0 aliphatic rings. The van der Waals surface area contributed by atoms with Gasteiger partial charge in [0.1, 0.15) is 5.82 Å². The van der Waals surface area contributed by atoms with Gasteiger partial charge in [-0.3, -0.25) is 9.78 Å². The maximum Gasteiger partial charge on any atom is 0.259 e. The number of rotatable bonds is 6. The average Bonchev–Trinajstić information content (AvgIpc) is 2.62. The number of pyridine rings is 1. The Hall–Kier alpha value is -2.20. The Bertz CT molecular complexity index is 865. The summed E-state index contributed by atoms with van der Waals surface area (Å²) in [7, 11) is 0. The quantitative estimate of drug-likeness (QED) is 0.618. The van der Waals surface area contributed by atoms with Crippen molar-refractivity contribution in [3.05, 3.63) is 68.8 Å². The van der Waals surface area contributed by atoms with Crippen LogP contribution >= 0.6 is 11.6 Å². The van der Waals surface area contributed by atoms with Crippen molar-refractivity contribution in [2.24, 2.45) is 0 Å². The molecule has 1 aromatic carbocycles. The van der Waals surface area contributed by atoms with Crippen LogP contribution in [0.15, 0.2) is 24.3 Å². The first-order valence-corrected chi connectivity index (χ1v) is 9.61. The lowest BCUT2D eigenvalue weighted by molar-refractivity contribution is 0.102. The summed E-state index contributed by atoms with van der Waals surface area (Å²) in [6.07, 6.45) is 5.77. The van der Waals surface area contributed by atoms with E-state index < -0.39 is 0 Å². The summed E-state index contributed by atoms with van der Waals surface area (Å²) >= 11 is 6.59. The fourth-order valence-electron chi connectivity index (χ4n) is 3.20. The van der Waals surface area contributed by atoms with Crippen molar-refractivity contribution in [2.45, 2.75) is 53.9 Å². The summed E-state index contributed by atoms with van der Waals surface area (Å²) in [5.41, 5.74) is 4.81. The smallest absolute Gasteiger partial charge is 0.259 e. The van der Waals surface area contributed by atoms with E-state index in [9.17, 15) is 9.18 Å². The molecular weight excluding hydrogens is 363 g/mol. The van der Waals surface area contributed by atoms with Crippen molar-refractivity contribution in [1.29, 1.82) is 0 Å². The number of allylic oxidation sites excluding steroid dienone is 2. The Morgan fingerprint density at radius 2 is 1.78 bits per heavy atom. The van der Waals surface area contributed by atoms with E-state index in [4.69, 9.17) is 11.6 Å². The second-order valence-electron chi connectivity index (χ2n) is 6.48. The minimum atomic E-state index is -0.317. The van der Waals surface area contributed by atoms with Crippen molar-refractivity contribution in [2.75, 3.05) is 5.32 Å². The highest BCUT2D eigenvalue weighted by Gasteiger charge is 2.21. The van der Waals surface area contributed by atoms with E-state index in [0.29, 0.717) is 41.2 Å². The predicted molar refractivity (Wildman–Crippen MR) is 110 cm³/mol. The molecule has 2 rings (SSSR count). The zero-order valence-corrected chi connectivity index (χ0v) is 17.3. The lowest BCUT2D eigenvalue weighted by Crippen LogP contribution is -2.18. The summed E-state index contributed by atoms with van der Waals surface area (Å²) in [6, 6.07) is 2.93. The molecule has 1 N–H and O–H groups in total. The zero-order chi connectivity index (χ0) is 20.1. The Kier molecular flexibility index (Phi) is 7.14. The van der Waals surface area contributed by atoms with Crippen LogP contribution in [0.4, 0.5) is 10.1 Å². The van der Waals surface area contributed by atoms with Crippen LogP contribution in [-0.4, -0.2) is 10.9 Å². The van der Waals surface area contributed by atoms with Crippen LogP contribution in [0, 0.1) is 19.7 Å². The number of carbonyl (C=O) groups excluding carboxylic acids is 1. The molecule has 0 radical (unpaired) electrons. The van der Waals surface area contributed by atoms with Crippen molar-refractivity contribution in [3.8, 4) is 0 Å². The number of hydrogen-bond donors (Lipinski definition) is 1. The maximum absolute atomic E-state index is 13.8. The molecule has 1 aromatic heterocycles. The molecule has 0 aliphatic heterocycles. The number of anilines is 1. The fourth-order valence-corrected chi connectivity index (χ4v) is 3.64. The van der Waals surface area contributed by atoms with Crippen LogP contribution in [0.1, 0.15) is 59.2 Å². The minimum Gasteiger partial charge on any atom is -0.321 e. The summed E-state index contributed by atoms with van der Waals surface area (Å²) in [5.74, 6) is -0.607. The molecule has 0 bridgehead atoms. The van der Waals surface area contributed by atoms with E-state index in [1.807, 2.05) is 39.8 Å². The molecule has 1 heterocycles. The lowest BCUT2D eigenvalue weighted by atomic mass is 10.0. The highest BCUT2D eigenvalue weighted by molar-refractivity contribution is 6.35. The van der Waals surface area contributed by atoms with Gasteiger partial charge in [0, 0.05) is 11.4 Å². The molecule has 1 amide bonds. The van der Waals surface area contributed by atoms with Crippen LogP contribution in [0.5, 0.6) is 0 Å². The van der Waals surface area contributed by atoms with E-state index in [1.165, 1.54) is 12.1 Å². The van der Waals surface area contributed by atoms with Crippen LogP contribution in [-0.2, 0) is 19.3 Å². The topological polar surface area (TPSA) is 42.0 Å².